The summed E-state index contributed by atoms with van der Waals surface area (Å²) in [7, 11) is 0. The number of hydrogen-bond acceptors (Lipinski definition) is 2. The summed E-state index contributed by atoms with van der Waals surface area (Å²) in [6.07, 6.45) is 5.99. The maximum Gasteiger partial charge on any atom is 0.0990 e. The third-order valence-electron chi connectivity index (χ3n) is 3.79. The topological polar surface area (TPSA) is 35.8 Å². The summed E-state index contributed by atoms with van der Waals surface area (Å²) in [5.41, 5.74) is 0. The molecule has 5 unspecified atom stereocenters. The number of hydrogen-bond donors (Lipinski definition) is 1. The summed E-state index contributed by atoms with van der Waals surface area (Å²) in [6.45, 7) is 1.06. The average molecular weight is 160 g/mol. The Kier molecular flexibility index (Phi) is 1.18. The van der Waals surface area contributed by atoms with Crippen molar-refractivity contribution in [2.24, 2.45) is 23.7 Å². The second-order valence-corrected chi connectivity index (χ2v) is 4.20. The van der Waals surface area contributed by atoms with Gasteiger partial charge in [0.05, 0.1) is 12.1 Å². The minimum Gasteiger partial charge on any atom is -0.301 e. The third kappa shape index (κ3) is 0.634. The van der Waals surface area contributed by atoms with Crippen molar-refractivity contribution in [1.82, 2.24) is 5.32 Å². The lowest BCUT2D eigenvalue weighted by Gasteiger charge is -2.20. The molecule has 0 aromatic rings. The van der Waals surface area contributed by atoms with Gasteiger partial charge in [-0.3, -0.25) is 0 Å². The predicted octanol–water partition coefficient (Wildman–Crippen LogP) is 0.920. The lowest BCUT2D eigenvalue weighted by molar-refractivity contribution is 0.370. The highest BCUT2D eigenvalue weighted by molar-refractivity contribution is 5.21. The molecule has 1 N–H and O–H groups in total. The first-order chi connectivity index (χ1) is 5.90. The van der Waals surface area contributed by atoms with Crippen LogP contribution in [0.2, 0.25) is 0 Å². The van der Waals surface area contributed by atoms with Crippen LogP contribution in [0.3, 0.4) is 0 Å². The molecule has 0 amide bonds. The number of allylic oxidation sites excluding steroid dienone is 2. The molecule has 2 fully saturated rings. The molecule has 62 valence electrons. The van der Waals surface area contributed by atoms with E-state index in [0.717, 1.165) is 18.4 Å². The van der Waals surface area contributed by atoms with Gasteiger partial charge in [0.1, 0.15) is 0 Å². The Balaban J connectivity index is 1.95. The maximum atomic E-state index is 8.90. The van der Waals surface area contributed by atoms with Gasteiger partial charge in [-0.2, -0.15) is 5.26 Å². The van der Waals surface area contributed by atoms with Crippen molar-refractivity contribution in [2.75, 3.05) is 6.54 Å². The fourth-order valence-electron chi connectivity index (χ4n) is 3.28. The highest BCUT2D eigenvalue weighted by Crippen LogP contribution is 2.51. The van der Waals surface area contributed by atoms with Crippen LogP contribution in [-0.2, 0) is 0 Å². The normalized spacial score (nSPS) is 54.1. The minimum absolute atomic E-state index is 0.134. The van der Waals surface area contributed by atoms with E-state index in [1.807, 2.05) is 0 Å². The largest absolute Gasteiger partial charge is 0.301 e. The van der Waals surface area contributed by atoms with Crippen molar-refractivity contribution >= 4 is 0 Å². The Morgan fingerprint density at radius 2 is 2.17 bits per heavy atom. The Hall–Kier alpha value is -0.810. The van der Waals surface area contributed by atoms with Crippen LogP contribution in [0.4, 0.5) is 0 Å². The van der Waals surface area contributed by atoms with Crippen molar-refractivity contribution in [3.05, 3.63) is 12.2 Å². The summed E-state index contributed by atoms with van der Waals surface area (Å²) < 4.78 is 0. The minimum atomic E-state index is 0.134. The number of nitrogens with zero attached hydrogens (tertiary/aromatic N) is 1. The van der Waals surface area contributed by atoms with E-state index in [0.29, 0.717) is 11.8 Å². The van der Waals surface area contributed by atoms with Crippen LogP contribution in [0.15, 0.2) is 12.2 Å². The molecule has 0 spiro atoms. The number of rotatable bonds is 0. The Morgan fingerprint density at radius 3 is 3.00 bits per heavy atom. The third-order valence-corrected chi connectivity index (χ3v) is 3.79. The highest BCUT2D eigenvalue weighted by Gasteiger charge is 2.51. The van der Waals surface area contributed by atoms with E-state index in [4.69, 9.17) is 5.26 Å². The van der Waals surface area contributed by atoms with Crippen molar-refractivity contribution in [2.45, 2.75) is 12.5 Å². The second kappa shape index (κ2) is 2.11. The molecule has 2 heteroatoms. The van der Waals surface area contributed by atoms with Gasteiger partial charge in [-0.25, -0.2) is 0 Å². The first kappa shape index (κ1) is 6.68. The lowest BCUT2D eigenvalue weighted by atomic mass is 9.82. The number of fused-ring (bicyclic) bond motifs is 5. The van der Waals surface area contributed by atoms with Crippen LogP contribution in [-0.4, -0.2) is 12.6 Å². The smallest absolute Gasteiger partial charge is 0.0990 e. The van der Waals surface area contributed by atoms with E-state index in [1.54, 1.807) is 0 Å². The fraction of sp³-hybridized carbons (Fsp3) is 0.700. The van der Waals surface area contributed by atoms with Crippen molar-refractivity contribution in [3.8, 4) is 6.07 Å². The van der Waals surface area contributed by atoms with E-state index >= 15 is 0 Å². The molecular formula is C10H12N2. The van der Waals surface area contributed by atoms with Gasteiger partial charge in [-0.15, -0.1) is 0 Å². The zero-order valence-corrected chi connectivity index (χ0v) is 6.90. The number of nitriles is 1. The lowest BCUT2D eigenvalue weighted by Crippen LogP contribution is -2.28. The zero-order valence-electron chi connectivity index (χ0n) is 6.90. The second-order valence-electron chi connectivity index (χ2n) is 4.20. The highest BCUT2D eigenvalue weighted by atomic mass is 15.0. The Morgan fingerprint density at radius 1 is 1.33 bits per heavy atom. The van der Waals surface area contributed by atoms with Crippen LogP contribution in [0, 0.1) is 35.0 Å². The van der Waals surface area contributed by atoms with Gasteiger partial charge in [-0.05, 0) is 30.1 Å². The summed E-state index contributed by atoms with van der Waals surface area (Å²) >= 11 is 0. The molecule has 1 saturated carbocycles. The van der Waals surface area contributed by atoms with Gasteiger partial charge in [0.2, 0.25) is 0 Å². The van der Waals surface area contributed by atoms with E-state index < -0.39 is 0 Å². The molecule has 1 saturated heterocycles. The molecule has 3 aliphatic rings. The molecule has 0 aromatic heterocycles. The monoisotopic (exact) mass is 160 g/mol. The molecular weight excluding hydrogens is 148 g/mol. The van der Waals surface area contributed by atoms with Crippen LogP contribution in [0.25, 0.3) is 0 Å². The maximum absolute atomic E-state index is 8.90. The molecule has 2 aliphatic carbocycles. The van der Waals surface area contributed by atoms with Crippen molar-refractivity contribution in [1.29, 1.82) is 5.26 Å². The molecule has 2 nitrogen and oxygen atoms in total. The van der Waals surface area contributed by atoms with E-state index in [-0.39, 0.29) is 6.04 Å². The summed E-state index contributed by atoms with van der Waals surface area (Å²) in [6, 6.07) is 2.51. The molecule has 0 aromatic carbocycles. The molecule has 0 radical (unpaired) electrons. The fourth-order valence-corrected chi connectivity index (χ4v) is 3.28. The summed E-state index contributed by atoms with van der Waals surface area (Å²) in [4.78, 5) is 0. The zero-order chi connectivity index (χ0) is 8.13. The predicted molar refractivity (Wildman–Crippen MR) is 45.1 cm³/mol. The Bertz CT molecular complexity index is 276. The van der Waals surface area contributed by atoms with Crippen molar-refractivity contribution in [3.63, 3.8) is 0 Å². The molecule has 12 heavy (non-hydrogen) atoms. The van der Waals surface area contributed by atoms with Crippen molar-refractivity contribution < 1.29 is 0 Å². The molecule has 2 bridgehead atoms. The van der Waals surface area contributed by atoms with Gasteiger partial charge >= 0.3 is 0 Å². The van der Waals surface area contributed by atoms with E-state index in [9.17, 15) is 0 Å². The SMILES string of the molecule is N#CC1NCC2C3C=CC(C3)C12. The van der Waals surface area contributed by atoms with E-state index in [1.165, 1.54) is 6.42 Å². The summed E-state index contributed by atoms with van der Waals surface area (Å²) in [5, 5.41) is 12.2. The quantitative estimate of drug-likeness (QED) is 0.535. The summed E-state index contributed by atoms with van der Waals surface area (Å²) in [5.74, 6) is 2.89. The molecule has 5 atom stereocenters. The van der Waals surface area contributed by atoms with Crippen LogP contribution in [0.5, 0.6) is 0 Å². The van der Waals surface area contributed by atoms with Gasteiger partial charge in [0.15, 0.2) is 0 Å². The van der Waals surface area contributed by atoms with Crippen LogP contribution >= 0.6 is 0 Å². The van der Waals surface area contributed by atoms with Gasteiger partial charge in [0.25, 0.3) is 0 Å². The average Bonchev–Trinajstić information content (AvgIpc) is 2.76. The first-order valence-electron chi connectivity index (χ1n) is 4.71. The van der Waals surface area contributed by atoms with E-state index in [2.05, 4.69) is 23.5 Å². The standard InChI is InChI=1S/C10H12N2/c11-4-9-10-7-2-1-6(3-7)8(10)5-12-9/h1-2,6-10,12H,3,5H2. The van der Waals surface area contributed by atoms with Gasteiger partial charge in [-0.1, -0.05) is 12.2 Å². The van der Waals surface area contributed by atoms with Crippen LogP contribution < -0.4 is 5.32 Å². The van der Waals surface area contributed by atoms with Gasteiger partial charge < -0.3 is 5.32 Å². The molecule has 1 heterocycles. The molecule has 3 rings (SSSR count). The Labute approximate surface area is 72.3 Å². The van der Waals surface area contributed by atoms with Crippen LogP contribution in [0.1, 0.15) is 6.42 Å². The first-order valence-corrected chi connectivity index (χ1v) is 4.71. The number of nitrogens with one attached hydrogen (secondary N) is 1. The molecule has 1 aliphatic heterocycles. The van der Waals surface area contributed by atoms with Gasteiger partial charge in [0, 0.05) is 6.54 Å².